The van der Waals surface area contributed by atoms with Gasteiger partial charge in [0.1, 0.15) is 6.33 Å². The number of rotatable bonds is 5. The summed E-state index contributed by atoms with van der Waals surface area (Å²) in [7, 11) is 0. The van der Waals surface area contributed by atoms with Crippen molar-refractivity contribution in [2.24, 2.45) is 5.73 Å². The maximum atomic E-state index is 12.8. The van der Waals surface area contributed by atoms with E-state index in [9.17, 15) is 9.18 Å². The van der Waals surface area contributed by atoms with Gasteiger partial charge in [0, 0.05) is 18.1 Å². The van der Waals surface area contributed by atoms with Gasteiger partial charge < -0.3 is 5.73 Å². The molecule has 2 aromatic heterocycles. The summed E-state index contributed by atoms with van der Waals surface area (Å²) in [6.07, 6.45) is 3.64. The Hall–Kier alpha value is -3.29. The monoisotopic (exact) mass is 425 g/mol. The molecule has 154 valence electrons. The molecule has 0 amide bonds. The second-order valence-corrected chi connectivity index (χ2v) is 6.79. The van der Waals surface area contributed by atoms with Crippen molar-refractivity contribution >= 4 is 23.3 Å². The molecule has 0 saturated heterocycles. The number of hydrogen-bond acceptors (Lipinski definition) is 4. The Bertz CT molecular complexity index is 1280. The van der Waals surface area contributed by atoms with E-state index in [0.29, 0.717) is 17.6 Å². The van der Waals surface area contributed by atoms with Crippen LogP contribution in [0.1, 0.15) is 5.56 Å². The number of aromatic nitrogens is 4. The third kappa shape index (κ3) is 3.90. The van der Waals surface area contributed by atoms with Crippen LogP contribution in [0.25, 0.3) is 27.7 Å². The molecule has 4 rings (SSSR count). The third-order valence-corrected chi connectivity index (χ3v) is 4.91. The van der Waals surface area contributed by atoms with Crippen molar-refractivity contribution in [3.05, 3.63) is 89.0 Å². The number of nitrogens with zero attached hydrogens (tertiary/aromatic N) is 4. The van der Waals surface area contributed by atoms with Gasteiger partial charge in [0.15, 0.2) is 0 Å². The van der Waals surface area contributed by atoms with E-state index >= 15 is 0 Å². The topological polar surface area (TPSA) is 78.7 Å². The van der Waals surface area contributed by atoms with E-state index in [1.54, 1.807) is 6.20 Å². The largest absolute Gasteiger partial charge is 0.350 e. The maximum absolute atomic E-state index is 12.8. The van der Waals surface area contributed by atoms with Gasteiger partial charge in [0.25, 0.3) is 0 Å². The van der Waals surface area contributed by atoms with Gasteiger partial charge in [-0.15, -0.1) is 12.4 Å². The zero-order chi connectivity index (χ0) is 20.4. The van der Waals surface area contributed by atoms with Crippen molar-refractivity contribution in [3.8, 4) is 16.8 Å². The average Bonchev–Trinajstić information content (AvgIpc) is 3.12. The quantitative estimate of drug-likeness (QED) is 0.527. The fourth-order valence-electron chi connectivity index (χ4n) is 3.35. The van der Waals surface area contributed by atoms with E-state index in [2.05, 4.69) is 16.1 Å². The number of hydrogen-bond donors (Lipinski definition) is 1. The van der Waals surface area contributed by atoms with E-state index in [-0.39, 0.29) is 31.2 Å². The van der Waals surface area contributed by atoms with Gasteiger partial charge in [-0.2, -0.15) is 5.10 Å². The lowest BCUT2D eigenvalue weighted by molar-refractivity contribution is 0.612. The van der Waals surface area contributed by atoms with Crippen LogP contribution in [0.4, 0.5) is 4.39 Å². The molecule has 2 aromatic carbocycles. The Kier molecular flexibility index (Phi) is 6.44. The Labute approximate surface area is 178 Å². The maximum Gasteiger partial charge on any atom is 0.350 e. The summed E-state index contributed by atoms with van der Waals surface area (Å²) < 4.78 is 15.4. The van der Waals surface area contributed by atoms with Gasteiger partial charge in [-0.3, -0.25) is 4.98 Å². The molecule has 4 aromatic rings. The lowest BCUT2D eigenvalue weighted by Crippen LogP contribution is -2.25. The molecule has 0 aliphatic rings. The predicted molar refractivity (Wildman–Crippen MR) is 119 cm³/mol. The Morgan fingerprint density at radius 2 is 2.03 bits per heavy atom. The summed E-state index contributed by atoms with van der Waals surface area (Å²) in [5, 5.41) is 5.14. The summed E-state index contributed by atoms with van der Waals surface area (Å²) in [6.45, 7) is 2.08. The molecule has 0 aliphatic carbocycles. The van der Waals surface area contributed by atoms with Crippen molar-refractivity contribution in [2.45, 2.75) is 13.5 Å². The summed E-state index contributed by atoms with van der Waals surface area (Å²) in [6, 6.07) is 15.7. The highest BCUT2D eigenvalue weighted by atomic mass is 35.5. The standard InChI is InChI=1S/C22H20FN5O.ClH/c1-15-7-8-19(20-6-3-9-25-21(15)20)17-4-2-5-18(10-17)27-14-26-28(22(27)29)13-16(11-23)12-24;/h2-11,14H,12-13,24H2,1H3;1H/b16-11+;. The molecule has 0 radical (unpaired) electrons. The normalized spacial score (nSPS) is 11.5. The number of nitrogens with two attached hydrogens (primary N) is 1. The summed E-state index contributed by atoms with van der Waals surface area (Å²) in [5.74, 6) is 0. The number of fused-ring (bicyclic) bond motifs is 1. The van der Waals surface area contributed by atoms with Crippen molar-refractivity contribution in [2.75, 3.05) is 6.54 Å². The lowest BCUT2D eigenvalue weighted by Gasteiger charge is -2.10. The average molecular weight is 426 g/mol. The molecule has 30 heavy (non-hydrogen) atoms. The van der Waals surface area contributed by atoms with Gasteiger partial charge in [-0.25, -0.2) is 18.4 Å². The van der Waals surface area contributed by atoms with Crippen molar-refractivity contribution in [3.63, 3.8) is 0 Å². The van der Waals surface area contributed by atoms with Crippen LogP contribution in [-0.4, -0.2) is 25.9 Å². The molecule has 0 bridgehead atoms. The predicted octanol–water partition coefficient (Wildman–Crippen LogP) is 3.79. The van der Waals surface area contributed by atoms with E-state index in [1.165, 1.54) is 15.6 Å². The first kappa shape index (κ1) is 21.4. The smallest absolute Gasteiger partial charge is 0.327 e. The van der Waals surface area contributed by atoms with Crippen molar-refractivity contribution < 1.29 is 4.39 Å². The van der Waals surface area contributed by atoms with Crippen LogP contribution in [0.3, 0.4) is 0 Å². The van der Waals surface area contributed by atoms with Crippen LogP contribution in [0, 0.1) is 6.92 Å². The minimum absolute atomic E-state index is 0. The highest BCUT2D eigenvalue weighted by Crippen LogP contribution is 2.30. The molecule has 0 saturated carbocycles. The number of aryl methyl sites for hydroxylation is 1. The van der Waals surface area contributed by atoms with Crippen molar-refractivity contribution in [1.82, 2.24) is 19.3 Å². The minimum Gasteiger partial charge on any atom is -0.327 e. The Morgan fingerprint density at radius 1 is 1.20 bits per heavy atom. The van der Waals surface area contributed by atoms with Gasteiger partial charge in [0.05, 0.1) is 24.1 Å². The minimum atomic E-state index is -0.356. The van der Waals surface area contributed by atoms with Crippen molar-refractivity contribution in [1.29, 1.82) is 0 Å². The Balaban J connectivity index is 0.00000256. The zero-order valence-electron chi connectivity index (χ0n) is 16.3. The molecular weight excluding hydrogens is 405 g/mol. The van der Waals surface area contributed by atoms with E-state index in [0.717, 1.165) is 27.6 Å². The highest BCUT2D eigenvalue weighted by Gasteiger charge is 2.11. The van der Waals surface area contributed by atoms with Crippen LogP contribution >= 0.6 is 12.4 Å². The van der Waals surface area contributed by atoms with Crippen LogP contribution in [0.5, 0.6) is 0 Å². The zero-order valence-corrected chi connectivity index (χ0v) is 17.1. The van der Waals surface area contributed by atoms with Gasteiger partial charge in [-0.1, -0.05) is 30.3 Å². The second-order valence-electron chi connectivity index (χ2n) is 6.79. The Morgan fingerprint density at radius 3 is 2.80 bits per heavy atom. The fourth-order valence-corrected chi connectivity index (χ4v) is 3.35. The summed E-state index contributed by atoms with van der Waals surface area (Å²) in [5.41, 5.74) is 10.1. The molecule has 2 N–H and O–H groups in total. The summed E-state index contributed by atoms with van der Waals surface area (Å²) >= 11 is 0. The third-order valence-electron chi connectivity index (χ3n) is 4.91. The van der Waals surface area contributed by atoms with Gasteiger partial charge in [-0.05, 0) is 47.4 Å². The number of benzene rings is 2. The molecule has 6 nitrogen and oxygen atoms in total. The first-order valence-electron chi connectivity index (χ1n) is 9.20. The highest BCUT2D eigenvalue weighted by molar-refractivity contribution is 5.96. The summed E-state index contributed by atoms with van der Waals surface area (Å²) in [4.78, 5) is 17.2. The van der Waals surface area contributed by atoms with Gasteiger partial charge in [0.2, 0.25) is 0 Å². The van der Waals surface area contributed by atoms with E-state index in [4.69, 9.17) is 5.73 Å². The molecule has 0 atom stereocenters. The molecule has 0 fully saturated rings. The molecule has 2 heterocycles. The fraction of sp³-hybridized carbons (Fsp3) is 0.136. The van der Waals surface area contributed by atoms with Crippen LogP contribution < -0.4 is 11.4 Å². The number of halogens is 2. The SMILES string of the molecule is Cc1ccc(-c2cccc(-n3cnn(C/C(=C/F)CN)c3=O)c2)c2cccnc12.Cl. The van der Waals surface area contributed by atoms with E-state index in [1.807, 2.05) is 49.4 Å². The van der Waals surface area contributed by atoms with Crippen LogP contribution in [0.2, 0.25) is 0 Å². The second kappa shape index (κ2) is 9.02. The van der Waals surface area contributed by atoms with Gasteiger partial charge >= 0.3 is 5.69 Å². The first-order valence-corrected chi connectivity index (χ1v) is 9.20. The van der Waals surface area contributed by atoms with Crippen LogP contribution in [-0.2, 0) is 6.54 Å². The van der Waals surface area contributed by atoms with E-state index < -0.39 is 0 Å². The molecule has 0 unspecified atom stereocenters. The first-order chi connectivity index (χ1) is 14.1. The molecular formula is C22H21ClFN5O. The number of pyridine rings is 1. The molecule has 0 aliphatic heterocycles. The molecule has 0 spiro atoms. The molecule has 8 heteroatoms. The lowest BCUT2D eigenvalue weighted by atomic mass is 9.98. The van der Waals surface area contributed by atoms with Crippen LogP contribution in [0.15, 0.2) is 77.8 Å².